The van der Waals surface area contributed by atoms with Crippen LogP contribution in [0, 0.1) is 11.3 Å². The Morgan fingerprint density at radius 2 is 2.00 bits per heavy atom. The van der Waals surface area contributed by atoms with Crippen LogP contribution in [0.4, 0.5) is 5.69 Å². The second-order valence-electron chi connectivity index (χ2n) is 4.82. The standard InChI is InChI=1S/C14H19N3O2/c1-10(3-4-15)17(2)9-11-7-13-14(8-12(11)16)19-6-5-18-13/h7-8,10H,3,5-6,9,16H2,1-2H3. The van der Waals surface area contributed by atoms with Crippen molar-refractivity contribution in [2.45, 2.75) is 25.9 Å². The van der Waals surface area contributed by atoms with Crippen LogP contribution in [0.3, 0.4) is 0 Å². The second kappa shape index (κ2) is 5.81. The van der Waals surface area contributed by atoms with E-state index in [1.165, 1.54) is 0 Å². The zero-order chi connectivity index (χ0) is 13.8. The Labute approximate surface area is 113 Å². The number of benzene rings is 1. The Kier molecular flexibility index (Phi) is 4.13. The molecule has 0 amide bonds. The lowest BCUT2D eigenvalue weighted by molar-refractivity contribution is 0.171. The average molecular weight is 261 g/mol. The first kappa shape index (κ1) is 13.5. The SMILES string of the molecule is CC(CC#N)N(C)Cc1cc2c(cc1N)OCCO2. The number of fused-ring (bicyclic) bond motifs is 1. The van der Waals surface area contributed by atoms with Gasteiger partial charge in [0, 0.05) is 24.3 Å². The summed E-state index contributed by atoms with van der Waals surface area (Å²) in [6.45, 7) is 3.84. The van der Waals surface area contributed by atoms with Crippen LogP contribution in [0.2, 0.25) is 0 Å². The third-order valence-corrected chi connectivity index (χ3v) is 3.36. The van der Waals surface area contributed by atoms with Crippen molar-refractivity contribution in [1.29, 1.82) is 5.26 Å². The fraction of sp³-hybridized carbons (Fsp3) is 0.500. The zero-order valence-electron chi connectivity index (χ0n) is 11.3. The van der Waals surface area contributed by atoms with Gasteiger partial charge in [-0.05, 0) is 25.6 Å². The van der Waals surface area contributed by atoms with Crippen molar-refractivity contribution in [1.82, 2.24) is 4.90 Å². The lowest BCUT2D eigenvalue weighted by Crippen LogP contribution is -2.28. The molecule has 0 saturated heterocycles. The maximum Gasteiger partial charge on any atom is 0.163 e. The van der Waals surface area contributed by atoms with E-state index in [1.54, 1.807) is 0 Å². The van der Waals surface area contributed by atoms with Gasteiger partial charge in [-0.1, -0.05) is 0 Å². The molecule has 0 aliphatic carbocycles. The minimum atomic E-state index is 0.192. The smallest absolute Gasteiger partial charge is 0.163 e. The summed E-state index contributed by atoms with van der Waals surface area (Å²) in [4.78, 5) is 2.10. The summed E-state index contributed by atoms with van der Waals surface area (Å²) >= 11 is 0. The maximum atomic E-state index is 8.73. The maximum absolute atomic E-state index is 8.73. The van der Waals surface area contributed by atoms with Crippen LogP contribution in [0.25, 0.3) is 0 Å². The molecule has 5 heteroatoms. The largest absolute Gasteiger partial charge is 0.486 e. The van der Waals surface area contributed by atoms with Gasteiger partial charge in [0.1, 0.15) is 13.2 Å². The van der Waals surface area contributed by atoms with Crippen LogP contribution in [-0.2, 0) is 6.54 Å². The fourth-order valence-corrected chi connectivity index (χ4v) is 2.00. The number of anilines is 1. The molecule has 0 bridgehead atoms. The van der Waals surface area contributed by atoms with Gasteiger partial charge in [-0.2, -0.15) is 5.26 Å². The molecule has 5 nitrogen and oxygen atoms in total. The van der Waals surface area contributed by atoms with E-state index >= 15 is 0 Å². The molecule has 2 N–H and O–H groups in total. The fourth-order valence-electron chi connectivity index (χ4n) is 2.00. The number of nitrogens with zero attached hydrogens (tertiary/aromatic N) is 2. The van der Waals surface area contributed by atoms with Crippen molar-refractivity contribution in [2.24, 2.45) is 0 Å². The highest BCUT2D eigenvalue weighted by molar-refractivity contribution is 5.58. The molecule has 102 valence electrons. The van der Waals surface area contributed by atoms with Crippen molar-refractivity contribution in [2.75, 3.05) is 26.0 Å². The molecule has 0 radical (unpaired) electrons. The summed E-state index contributed by atoms with van der Waals surface area (Å²) in [7, 11) is 1.98. The van der Waals surface area contributed by atoms with Gasteiger partial charge in [0.25, 0.3) is 0 Å². The van der Waals surface area contributed by atoms with Gasteiger partial charge in [-0.15, -0.1) is 0 Å². The van der Waals surface area contributed by atoms with E-state index in [0.29, 0.717) is 37.6 Å². The molecule has 1 heterocycles. The summed E-state index contributed by atoms with van der Waals surface area (Å²) in [6, 6.07) is 6.12. The van der Waals surface area contributed by atoms with Gasteiger partial charge in [0.2, 0.25) is 0 Å². The molecular weight excluding hydrogens is 242 g/mol. The highest BCUT2D eigenvalue weighted by atomic mass is 16.6. The quantitative estimate of drug-likeness (QED) is 0.836. The predicted molar refractivity (Wildman–Crippen MR) is 73.0 cm³/mol. The number of nitrogens with two attached hydrogens (primary N) is 1. The molecule has 1 aromatic carbocycles. The third-order valence-electron chi connectivity index (χ3n) is 3.36. The van der Waals surface area contributed by atoms with E-state index in [2.05, 4.69) is 11.0 Å². The predicted octanol–water partition coefficient (Wildman–Crippen LogP) is 1.77. The Bertz CT molecular complexity index is 496. The van der Waals surface area contributed by atoms with E-state index in [9.17, 15) is 0 Å². The topological polar surface area (TPSA) is 71.5 Å². The van der Waals surface area contributed by atoms with Crippen LogP contribution in [-0.4, -0.2) is 31.2 Å². The summed E-state index contributed by atoms with van der Waals surface area (Å²) in [6.07, 6.45) is 0.501. The number of ether oxygens (including phenoxy) is 2. The zero-order valence-corrected chi connectivity index (χ0v) is 11.3. The minimum Gasteiger partial charge on any atom is -0.486 e. The molecule has 0 saturated carbocycles. The van der Waals surface area contributed by atoms with Crippen LogP contribution in [0.15, 0.2) is 12.1 Å². The highest BCUT2D eigenvalue weighted by Crippen LogP contribution is 2.34. The first-order valence-electron chi connectivity index (χ1n) is 6.37. The molecule has 0 aromatic heterocycles. The van der Waals surface area contributed by atoms with Crippen molar-refractivity contribution in [3.63, 3.8) is 0 Å². The van der Waals surface area contributed by atoms with Gasteiger partial charge >= 0.3 is 0 Å². The van der Waals surface area contributed by atoms with Crippen LogP contribution >= 0.6 is 0 Å². The number of nitriles is 1. The molecule has 19 heavy (non-hydrogen) atoms. The van der Waals surface area contributed by atoms with Gasteiger partial charge < -0.3 is 15.2 Å². The van der Waals surface area contributed by atoms with E-state index < -0.39 is 0 Å². The van der Waals surface area contributed by atoms with Gasteiger partial charge in [0.05, 0.1) is 12.5 Å². The van der Waals surface area contributed by atoms with E-state index in [0.717, 1.165) is 11.3 Å². The van der Waals surface area contributed by atoms with E-state index in [-0.39, 0.29) is 6.04 Å². The molecule has 0 spiro atoms. The molecule has 1 aliphatic rings. The molecule has 1 atom stereocenters. The van der Waals surface area contributed by atoms with Crippen LogP contribution in [0.1, 0.15) is 18.9 Å². The first-order chi connectivity index (χ1) is 9.11. The summed E-state index contributed by atoms with van der Waals surface area (Å²) in [5, 5.41) is 8.73. The van der Waals surface area contributed by atoms with E-state index in [1.807, 2.05) is 26.1 Å². The van der Waals surface area contributed by atoms with Crippen molar-refractivity contribution < 1.29 is 9.47 Å². The number of hydrogen-bond donors (Lipinski definition) is 1. The second-order valence-corrected chi connectivity index (χ2v) is 4.82. The van der Waals surface area contributed by atoms with Gasteiger partial charge in [-0.25, -0.2) is 0 Å². The normalized spacial score (nSPS) is 15.1. The number of nitrogen functional groups attached to an aromatic ring is 1. The highest BCUT2D eigenvalue weighted by Gasteiger charge is 2.17. The van der Waals surface area contributed by atoms with Gasteiger partial charge in [-0.3, -0.25) is 4.90 Å². The minimum absolute atomic E-state index is 0.192. The van der Waals surface area contributed by atoms with Crippen LogP contribution < -0.4 is 15.2 Å². The molecule has 1 unspecified atom stereocenters. The first-order valence-corrected chi connectivity index (χ1v) is 6.37. The molecule has 1 aromatic rings. The lowest BCUT2D eigenvalue weighted by atomic mass is 10.1. The summed E-state index contributed by atoms with van der Waals surface area (Å²) < 4.78 is 11.0. The van der Waals surface area contributed by atoms with Gasteiger partial charge in [0.15, 0.2) is 11.5 Å². The van der Waals surface area contributed by atoms with Crippen molar-refractivity contribution in [3.8, 4) is 17.6 Å². The van der Waals surface area contributed by atoms with Crippen molar-refractivity contribution in [3.05, 3.63) is 17.7 Å². The molecule has 0 fully saturated rings. The number of rotatable bonds is 4. The Morgan fingerprint density at radius 1 is 1.37 bits per heavy atom. The van der Waals surface area contributed by atoms with Crippen molar-refractivity contribution >= 4 is 5.69 Å². The lowest BCUT2D eigenvalue weighted by Gasteiger charge is -2.25. The Morgan fingerprint density at radius 3 is 2.63 bits per heavy atom. The molecular formula is C14H19N3O2. The Hall–Kier alpha value is -1.93. The summed E-state index contributed by atoms with van der Waals surface area (Å²) in [5.41, 5.74) is 7.73. The average Bonchev–Trinajstić information content (AvgIpc) is 2.39. The third kappa shape index (κ3) is 3.09. The number of hydrogen-bond acceptors (Lipinski definition) is 5. The summed E-state index contributed by atoms with van der Waals surface area (Å²) in [5.74, 6) is 1.46. The molecule has 1 aliphatic heterocycles. The monoisotopic (exact) mass is 261 g/mol. The Balaban J connectivity index is 2.14. The molecule has 2 rings (SSSR count). The van der Waals surface area contributed by atoms with Crippen LogP contribution in [0.5, 0.6) is 11.5 Å². The van der Waals surface area contributed by atoms with E-state index in [4.69, 9.17) is 20.5 Å².